The molecule has 4 heteroatoms. The van der Waals surface area contributed by atoms with Crippen LogP contribution in [-0.2, 0) is 4.74 Å². The van der Waals surface area contributed by atoms with Gasteiger partial charge in [0.1, 0.15) is 0 Å². The van der Waals surface area contributed by atoms with Gasteiger partial charge in [0.15, 0.2) is 11.5 Å². The lowest BCUT2D eigenvalue weighted by atomic mass is 9.87. The molecule has 19 heavy (non-hydrogen) atoms. The van der Waals surface area contributed by atoms with Crippen molar-refractivity contribution in [3.8, 4) is 11.5 Å². The molecule has 0 aliphatic carbocycles. The maximum absolute atomic E-state index is 5.44. The molecule has 106 valence electrons. The molecule has 1 aromatic carbocycles. The fourth-order valence-electron chi connectivity index (χ4n) is 2.77. The molecule has 1 saturated heterocycles. The Kier molecular flexibility index (Phi) is 5.05. The molecule has 1 atom stereocenters. The fourth-order valence-corrected chi connectivity index (χ4v) is 2.77. The third kappa shape index (κ3) is 3.19. The maximum atomic E-state index is 5.44. The van der Waals surface area contributed by atoms with E-state index in [9.17, 15) is 0 Å². The van der Waals surface area contributed by atoms with Gasteiger partial charge in [0.05, 0.1) is 14.2 Å². The minimum absolute atomic E-state index is 0.337. The third-order valence-corrected chi connectivity index (χ3v) is 3.82. The highest BCUT2D eigenvalue weighted by Gasteiger charge is 2.24. The van der Waals surface area contributed by atoms with Crippen LogP contribution in [0.3, 0.4) is 0 Å². The largest absolute Gasteiger partial charge is 0.493 e. The molecule has 1 fully saturated rings. The molecular weight excluding hydrogens is 242 g/mol. The van der Waals surface area contributed by atoms with Crippen molar-refractivity contribution in [2.24, 2.45) is 5.92 Å². The van der Waals surface area contributed by atoms with Crippen molar-refractivity contribution in [2.75, 3.05) is 34.5 Å². The van der Waals surface area contributed by atoms with Gasteiger partial charge in [0, 0.05) is 19.3 Å². The Bertz CT molecular complexity index is 402. The van der Waals surface area contributed by atoms with Gasteiger partial charge in [-0.1, -0.05) is 6.07 Å². The predicted octanol–water partition coefficient (Wildman–Crippen LogP) is 2.39. The van der Waals surface area contributed by atoms with Crippen LogP contribution in [0.25, 0.3) is 0 Å². The number of rotatable bonds is 5. The van der Waals surface area contributed by atoms with E-state index in [4.69, 9.17) is 14.2 Å². The zero-order chi connectivity index (χ0) is 13.7. The molecular formula is C15H23NO3. The van der Waals surface area contributed by atoms with E-state index in [1.807, 2.05) is 13.1 Å². The predicted molar refractivity (Wildman–Crippen MR) is 74.9 cm³/mol. The van der Waals surface area contributed by atoms with Crippen LogP contribution in [0.2, 0.25) is 0 Å². The molecule has 1 heterocycles. The van der Waals surface area contributed by atoms with Crippen molar-refractivity contribution >= 4 is 0 Å². The van der Waals surface area contributed by atoms with Gasteiger partial charge in [-0.05, 0) is 43.5 Å². The second-order valence-electron chi connectivity index (χ2n) is 4.83. The molecule has 0 spiro atoms. The zero-order valence-electron chi connectivity index (χ0n) is 11.9. The lowest BCUT2D eigenvalue weighted by Crippen LogP contribution is -2.30. The van der Waals surface area contributed by atoms with E-state index < -0.39 is 0 Å². The van der Waals surface area contributed by atoms with E-state index in [0.717, 1.165) is 37.6 Å². The van der Waals surface area contributed by atoms with E-state index in [1.54, 1.807) is 14.2 Å². The first-order valence-corrected chi connectivity index (χ1v) is 6.77. The van der Waals surface area contributed by atoms with Crippen molar-refractivity contribution in [1.29, 1.82) is 0 Å². The lowest BCUT2D eigenvalue weighted by molar-refractivity contribution is 0.0546. The Labute approximate surface area is 115 Å². The number of ether oxygens (including phenoxy) is 3. The number of methoxy groups -OCH3 is 2. The first kappa shape index (κ1) is 14.2. The average molecular weight is 265 g/mol. The minimum atomic E-state index is 0.337. The first-order chi connectivity index (χ1) is 9.30. The molecule has 1 unspecified atom stereocenters. The second kappa shape index (κ2) is 6.78. The Morgan fingerprint density at radius 3 is 2.42 bits per heavy atom. The summed E-state index contributed by atoms with van der Waals surface area (Å²) in [6.45, 7) is 1.71. The molecule has 1 aliphatic heterocycles. The van der Waals surface area contributed by atoms with Crippen LogP contribution < -0.4 is 14.8 Å². The summed E-state index contributed by atoms with van der Waals surface area (Å²) in [7, 11) is 5.34. The molecule has 0 amide bonds. The number of hydrogen-bond donors (Lipinski definition) is 1. The van der Waals surface area contributed by atoms with Crippen LogP contribution in [0.5, 0.6) is 11.5 Å². The SMILES string of the molecule is CNC(c1ccc(OC)c(OC)c1)C1CCOCC1. The third-order valence-electron chi connectivity index (χ3n) is 3.82. The van der Waals surface area contributed by atoms with Gasteiger partial charge in [-0.15, -0.1) is 0 Å². The number of benzene rings is 1. The van der Waals surface area contributed by atoms with Gasteiger partial charge in [-0.2, -0.15) is 0 Å². The molecule has 1 N–H and O–H groups in total. The van der Waals surface area contributed by atoms with Crippen LogP contribution in [0.4, 0.5) is 0 Å². The monoisotopic (exact) mass is 265 g/mol. The van der Waals surface area contributed by atoms with Gasteiger partial charge >= 0.3 is 0 Å². The van der Waals surface area contributed by atoms with Crippen molar-refractivity contribution in [3.05, 3.63) is 23.8 Å². The summed E-state index contributed by atoms with van der Waals surface area (Å²) in [6.07, 6.45) is 2.19. The molecule has 0 saturated carbocycles. The Morgan fingerprint density at radius 2 is 1.84 bits per heavy atom. The van der Waals surface area contributed by atoms with Crippen molar-refractivity contribution in [3.63, 3.8) is 0 Å². The molecule has 0 bridgehead atoms. The number of nitrogens with one attached hydrogen (secondary N) is 1. The van der Waals surface area contributed by atoms with E-state index in [1.165, 1.54) is 5.56 Å². The summed E-state index contributed by atoms with van der Waals surface area (Å²) in [5.74, 6) is 2.16. The smallest absolute Gasteiger partial charge is 0.161 e. The Balaban J connectivity index is 2.22. The normalized spacial score (nSPS) is 18.1. The summed E-state index contributed by atoms with van der Waals surface area (Å²) in [5, 5.41) is 3.42. The van der Waals surface area contributed by atoms with Gasteiger partial charge < -0.3 is 19.5 Å². The highest BCUT2D eigenvalue weighted by atomic mass is 16.5. The molecule has 0 aromatic heterocycles. The summed E-state index contributed by atoms with van der Waals surface area (Å²) < 4.78 is 16.1. The summed E-state index contributed by atoms with van der Waals surface area (Å²) >= 11 is 0. The lowest BCUT2D eigenvalue weighted by Gasteiger charge is -2.30. The van der Waals surface area contributed by atoms with Gasteiger partial charge in [0.25, 0.3) is 0 Å². The quantitative estimate of drug-likeness (QED) is 0.887. The Morgan fingerprint density at radius 1 is 1.16 bits per heavy atom. The van der Waals surface area contributed by atoms with E-state index in [0.29, 0.717) is 12.0 Å². The molecule has 0 radical (unpaired) electrons. The van der Waals surface area contributed by atoms with Gasteiger partial charge in [-0.25, -0.2) is 0 Å². The average Bonchev–Trinajstić information content (AvgIpc) is 2.49. The van der Waals surface area contributed by atoms with Crippen LogP contribution in [-0.4, -0.2) is 34.5 Å². The van der Waals surface area contributed by atoms with E-state index in [-0.39, 0.29) is 0 Å². The van der Waals surface area contributed by atoms with E-state index >= 15 is 0 Å². The topological polar surface area (TPSA) is 39.7 Å². The van der Waals surface area contributed by atoms with Gasteiger partial charge in [-0.3, -0.25) is 0 Å². The molecule has 1 aliphatic rings. The van der Waals surface area contributed by atoms with Crippen LogP contribution in [0.15, 0.2) is 18.2 Å². The standard InChI is InChI=1S/C15H23NO3/c1-16-15(11-6-8-19-9-7-11)12-4-5-13(17-2)14(10-12)18-3/h4-5,10-11,15-16H,6-9H2,1-3H3. The van der Waals surface area contributed by atoms with Crippen LogP contribution in [0, 0.1) is 5.92 Å². The van der Waals surface area contributed by atoms with Crippen molar-refractivity contribution in [2.45, 2.75) is 18.9 Å². The fraction of sp³-hybridized carbons (Fsp3) is 0.600. The van der Waals surface area contributed by atoms with E-state index in [2.05, 4.69) is 17.4 Å². The zero-order valence-corrected chi connectivity index (χ0v) is 11.9. The summed E-state index contributed by atoms with van der Waals surface area (Å²) in [5.41, 5.74) is 1.24. The maximum Gasteiger partial charge on any atom is 0.161 e. The summed E-state index contributed by atoms with van der Waals surface area (Å²) in [6, 6.07) is 6.48. The highest BCUT2D eigenvalue weighted by Crippen LogP contribution is 2.35. The van der Waals surface area contributed by atoms with Crippen molar-refractivity contribution in [1.82, 2.24) is 5.32 Å². The Hall–Kier alpha value is -1.26. The summed E-state index contributed by atoms with van der Waals surface area (Å²) in [4.78, 5) is 0. The second-order valence-corrected chi connectivity index (χ2v) is 4.83. The number of hydrogen-bond acceptors (Lipinski definition) is 4. The first-order valence-electron chi connectivity index (χ1n) is 6.77. The molecule has 4 nitrogen and oxygen atoms in total. The van der Waals surface area contributed by atoms with Crippen LogP contribution in [0.1, 0.15) is 24.4 Å². The van der Waals surface area contributed by atoms with Gasteiger partial charge in [0.2, 0.25) is 0 Å². The van der Waals surface area contributed by atoms with Crippen molar-refractivity contribution < 1.29 is 14.2 Å². The molecule has 2 rings (SSSR count). The molecule has 1 aromatic rings. The van der Waals surface area contributed by atoms with Crippen LogP contribution >= 0.6 is 0 Å². The highest BCUT2D eigenvalue weighted by molar-refractivity contribution is 5.44. The minimum Gasteiger partial charge on any atom is -0.493 e.